The number of pyridine rings is 1. The van der Waals surface area contributed by atoms with E-state index in [2.05, 4.69) is 19.2 Å². The van der Waals surface area contributed by atoms with Crippen molar-refractivity contribution in [2.75, 3.05) is 18.1 Å². The predicted octanol–water partition coefficient (Wildman–Crippen LogP) is 2.96. The second-order valence-electron chi connectivity index (χ2n) is 9.41. The number of aromatic nitrogens is 1. The van der Waals surface area contributed by atoms with Crippen LogP contribution in [-0.2, 0) is 6.54 Å². The first kappa shape index (κ1) is 24.7. The van der Waals surface area contributed by atoms with Gasteiger partial charge in [-0.05, 0) is 37.7 Å². The molecule has 2 aliphatic heterocycles. The number of benzene rings is 1. The van der Waals surface area contributed by atoms with E-state index in [0.29, 0.717) is 31.5 Å². The summed E-state index contributed by atoms with van der Waals surface area (Å²) in [7, 11) is 0. The Balaban J connectivity index is 1.73. The van der Waals surface area contributed by atoms with Crippen LogP contribution < -0.4 is 15.8 Å². The third kappa shape index (κ3) is 4.49. The van der Waals surface area contributed by atoms with Crippen LogP contribution in [-0.4, -0.2) is 45.8 Å². The fraction of sp³-hybridized carbons (Fsp3) is 0.480. The zero-order valence-electron chi connectivity index (χ0n) is 20.1. The van der Waals surface area contributed by atoms with Crippen molar-refractivity contribution in [2.45, 2.75) is 52.7 Å². The Hall–Kier alpha value is -3.43. The van der Waals surface area contributed by atoms with E-state index in [0.717, 1.165) is 18.9 Å². The number of carbonyl (C=O) groups is 2. The molecule has 2 aromatic rings. The van der Waals surface area contributed by atoms with Gasteiger partial charge in [-0.15, -0.1) is 0 Å². The first-order chi connectivity index (χ1) is 16.6. The molecule has 8 nitrogen and oxygen atoms in total. The van der Waals surface area contributed by atoms with E-state index in [-0.39, 0.29) is 35.4 Å². The number of nitrogens with one attached hydrogen (secondary N) is 1. The number of carbonyl (C=O) groups excluding carboxylic acids is 2. The smallest absolute Gasteiger partial charge is 0.278 e. The Bertz CT molecular complexity index is 1210. The van der Waals surface area contributed by atoms with Crippen LogP contribution in [0, 0.1) is 23.5 Å². The molecule has 2 aliphatic rings. The number of hydrogen-bond donors (Lipinski definition) is 2. The van der Waals surface area contributed by atoms with Crippen LogP contribution in [0.15, 0.2) is 29.2 Å². The van der Waals surface area contributed by atoms with Crippen molar-refractivity contribution in [3.05, 3.63) is 63.1 Å². The van der Waals surface area contributed by atoms with Gasteiger partial charge in [0.25, 0.3) is 11.8 Å². The standard InChI is InChI=1S/C25H30F2N4O4/c1-4-29-20-7-5-6-14(2)15(3)12-30(20)31-13-18(22(32)23(33)21(31)25(29)35)24(34)28-11-16-8-9-17(26)10-19(16)27/h8-10,13-15,20,33H,4-7,11-12H2,1-3H3,(H,28,34)/t14-,15?,20-/m0/s1. The first-order valence-electron chi connectivity index (χ1n) is 11.9. The van der Waals surface area contributed by atoms with Gasteiger partial charge in [-0.1, -0.05) is 26.3 Å². The molecule has 0 saturated carbocycles. The van der Waals surface area contributed by atoms with Gasteiger partial charge in [-0.3, -0.25) is 24.1 Å². The van der Waals surface area contributed by atoms with Crippen LogP contribution in [0.2, 0.25) is 0 Å². The highest BCUT2D eigenvalue weighted by Crippen LogP contribution is 2.31. The zero-order valence-corrected chi connectivity index (χ0v) is 20.1. The van der Waals surface area contributed by atoms with Crippen molar-refractivity contribution in [1.82, 2.24) is 14.9 Å². The Morgan fingerprint density at radius 2 is 1.91 bits per heavy atom. The van der Waals surface area contributed by atoms with Crippen LogP contribution in [0.3, 0.4) is 0 Å². The van der Waals surface area contributed by atoms with E-state index in [1.54, 1.807) is 4.90 Å². The summed E-state index contributed by atoms with van der Waals surface area (Å²) in [5.74, 6) is -2.97. The number of aromatic hydroxyl groups is 1. The fourth-order valence-corrected chi connectivity index (χ4v) is 4.92. The van der Waals surface area contributed by atoms with Crippen LogP contribution in [0.5, 0.6) is 5.75 Å². The summed E-state index contributed by atoms with van der Waals surface area (Å²) in [6.07, 6.45) is 3.67. The first-order valence-corrected chi connectivity index (χ1v) is 11.9. The van der Waals surface area contributed by atoms with Gasteiger partial charge in [0.15, 0.2) is 11.4 Å². The molecule has 0 radical (unpaired) electrons. The molecular formula is C25H30F2N4O4. The Kier molecular flexibility index (Phi) is 6.82. The van der Waals surface area contributed by atoms with Crippen LogP contribution in [0.1, 0.15) is 66.4 Å². The minimum Gasteiger partial charge on any atom is -0.502 e. The highest BCUT2D eigenvalue weighted by Gasteiger charge is 2.41. The summed E-state index contributed by atoms with van der Waals surface area (Å²) < 4.78 is 28.6. The summed E-state index contributed by atoms with van der Waals surface area (Å²) >= 11 is 0. The van der Waals surface area contributed by atoms with Crippen molar-refractivity contribution in [3.8, 4) is 5.75 Å². The molecule has 1 saturated heterocycles. The normalized spacial score (nSPS) is 22.2. The maximum Gasteiger partial charge on any atom is 0.278 e. The Labute approximate surface area is 202 Å². The van der Waals surface area contributed by atoms with E-state index >= 15 is 0 Å². The van der Waals surface area contributed by atoms with E-state index in [1.165, 1.54) is 16.9 Å². The molecule has 1 aromatic carbocycles. The fourth-order valence-electron chi connectivity index (χ4n) is 4.92. The highest BCUT2D eigenvalue weighted by atomic mass is 19.1. The molecule has 3 atom stereocenters. The lowest BCUT2D eigenvalue weighted by molar-refractivity contribution is 0.0529. The van der Waals surface area contributed by atoms with Crippen LogP contribution >= 0.6 is 0 Å². The molecule has 2 N–H and O–H groups in total. The third-order valence-electron chi connectivity index (χ3n) is 7.22. The molecule has 1 aromatic heterocycles. The Morgan fingerprint density at radius 3 is 2.60 bits per heavy atom. The quantitative estimate of drug-likeness (QED) is 0.690. The molecule has 2 amide bonds. The van der Waals surface area contributed by atoms with Gasteiger partial charge < -0.3 is 15.3 Å². The van der Waals surface area contributed by atoms with Gasteiger partial charge in [0.1, 0.15) is 23.4 Å². The summed E-state index contributed by atoms with van der Waals surface area (Å²) in [6.45, 7) is 6.83. The monoisotopic (exact) mass is 488 g/mol. The minimum atomic E-state index is -0.982. The predicted molar refractivity (Wildman–Crippen MR) is 126 cm³/mol. The largest absolute Gasteiger partial charge is 0.502 e. The molecule has 0 bridgehead atoms. The van der Waals surface area contributed by atoms with Gasteiger partial charge in [0, 0.05) is 37.5 Å². The third-order valence-corrected chi connectivity index (χ3v) is 7.22. The van der Waals surface area contributed by atoms with E-state index < -0.39 is 34.6 Å². The van der Waals surface area contributed by atoms with Crippen molar-refractivity contribution in [2.24, 2.45) is 11.8 Å². The van der Waals surface area contributed by atoms with Gasteiger partial charge in [-0.2, -0.15) is 0 Å². The topological polar surface area (TPSA) is 94.9 Å². The molecule has 35 heavy (non-hydrogen) atoms. The Morgan fingerprint density at radius 1 is 1.17 bits per heavy atom. The molecule has 10 heteroatoms. The summed E-state index contributed by atoms with van der Waals surface area (Å²) in [4.78, 5) is 40.7. The van der Waals surface area contributed by atoms with Gasteiger partial charge in [-0.25, -0.2) is 8.78 Å². The number of fused-ring (bicyclic) bond motifs is 3. The average molecular weight is 489 g/mol. The number of nitrogens with zero attached hydrogens (tertiary/aromatic N) is 3. The maximum atomic E-state index is 14.0. The van der Waals surface area contributed by atoms with Crippen molar-refractivity contribution in [1.29, 1.82) is 0 Å². The molecule has 1 unspecified atom stereocenters. The summed E-state index contributed by atoms with van der Waals surface area (Å²) in [5, 5.41) is 15.2. The molecule has 0 spiro atoms. The minimum absolute atomic E-state index is 0.0439. The second-order valence-corrected chi connectivity index (χ2v) is 9.41. The molecule has 3 heterocycles. The maximum absolute atomic E-state index is 14.0. The zero-order chi connectivity index (χ0) is 25.4. The van der Waals surface area contributed by atoms with Gasteiger partial charge in [0.05, 0.1) is 0 Å². The van der Waals surface area contributed by atoms with Crippen LogP contribution in [0.4, 0.5) is 8.78 Å². The number of halogens is 2. The molecule has 1 fully saturated rings. The number of amides is 2. The lowest BCUT2D eigenvalue weighted by Crippen LogP contribution is -2.63. The van der Waals surface area contributed by atoms with E-state index in [1.807, 2.05) is 11.9 Å². The summed E-state index contributed by atoms with van der Waals surface area (Å²) in [6, 6.07) is 2.98. The molecular weight excluding hydrogens is 458 g/mol. The van der Waals surface area contributed by atoms with Crippen molar-refractivity contribution < 1.29 is 23.5 Å². The van der Waals surface area contributed by atoms with E-state index in [9.17, 15) is 28.3 Å². The number of rotatable bonds is 4. The highest BCUT2D eigenvalue weighted by molar-refractivity contribution is 5.99. The van der Waals surface area contributed by atoms with Crippen molar-refractivity contribution in [3.63, 3.8) is 0 Å². The van der Waals surface area contributed by atoms with E-state index in [4.69, 9.17) is 0 Å². The van der Waals surface area contributed by atoms with Crippen molar-refractivity contribution >= 4 is 11.8 Å². The lowest BCUT2D eigenvalue weighted by Gasteiger charge is -2.49. The average Bonchev–Trinajstić information content (AvgIpc) is 2.81. The SMILES string of the molecule is CCN1C(=O)c2c(O)c(=O)c(C(=O)NCc3ccc(F)cc3F)cn2N2CC(C)[C@@H](C)CCC[C@@H]12. The van der Waals surface area contributed by atoms with Crippen LogP contribution in [0.25, 0.3) is 0 Å². The van der Waals surface area contributed by atoms with Gasteiger partial charge in [0.2, 0.25) is 5.43 Å². The lowest BCUT2D eigenvalue weighted by atomic mass is 9.88. The number of hydrogen-bond acceptors (Lipinski definition) is 5. The molecule has 0 aliphatic carbocycles. The molecule has 188 valence electrons. The second kappa shape index (κ2) is 9.67. The van der Waals surface area contributed by atoms with Gasteiger partial charge >= 0.3 is 0 Å². The summed E-state index contributed by atoms with van der Waals surface area (Å²) in [5.41, 5.74) is -1.48. The molecule has 4 rings (SSSR count).